The molecule has 1 amide bonds. The van der Waals surface area contributed by atoms with Gasteiger partial charge in [-0.15, -0.1) is 5.10 Å². The van der Waals surface area contributed by atoms with Crippen molar-refractivity contribution in [2.45, 2.75) is 32.7 Å². The summed E-state index contributed by atoms with van der Waals surface area (Å²) in [5.74, 6) is 0.612. The zero-order chi connectivity index (χ0) is 13.0. The summed E-state index contributed by atoms with van der Waals surface area (Å²) in [7, 11) is 0. The number of nitrogens with one attached hydrogen (secondary N) is 1. The van der Waals surface area contributed by atoms with Crippen LogP contribution in [0.25, 0.3) is 0 Å². The maximum Gasteiger partial charge on any atom is 0.275 e. The topological polar surface area (TPSA) is 58.1 Å². The standard InChI is InChI=1S/C12H20N4OS/c1-9(2)16(7-10-3-5-13-6-4-10)12(17)11-8-18-15-14-11/h8-10,13H,3-7H2,1-2H3. The molecule has 0 saturated carbocycles. The zero-order valence-electron chi connectivity index (χ0n) is 10.9. The lowest BCUT2D eigenvalue weighted by molar-refractivity contribution is 0.0652. The van der Waals surface area contributed by atoms with Gasteiger partial charge in [0.15, 0.2) is 5.69 Å². The Morgan fingerprint density at radius 1 is 1.56 bits per heavy atom. The van der Waals surface area contributed by atoms with Crippen molar-refractivity contribution in [3.8, 4) is 0 Å². The van der Waals surface area contributed by atoms with E-state index in [4.69, 9.17) is 0 Å². The highest BCUT2D eigenvalue weighted by Crippen LogP contribution is 2.17. The summed E-state index contributed by atoms with van der Waals surface area (Å²) < 4.78 is 3.77. The molecule has 1 fully saturated rings. The largest absolute Gasteiger partial charge is 0.335 e. The minimum Gasteiger partial charge on any atom is -0.335 e. The SMILES string of the molecule is CC(C)N(CC1CCNCC1)C(=O)c1csnn1. The number of amides is 1. The predicted octanol–water partition coefficient (Wildman–Crippen LogP) is 1.39. The summed E-state index contributed by atoms with van der Waals surface area (Å²) in [6, 6.07) is 0.203. The smallest absolute Gasteiger partial charge is 0.275 e. The number of hydrogen-bond acceptors (Lipinski definition) is 5. The van der Waals surface area contributed by atoms with Crippen molar-refractivity contribution in [2.24, 2.45) is 5.92 Å². The Kier molecular flexibility index (Phi) is 4.66. The van der Waals surface area contributed by atoms with Crippen LogP contribution in [0.15, 0.2) is 5.38 Å². The van der Waals surface area contributed by atoms with Crippen LogP contribution >= 0.6 is 11.5 Å². The first kappa shape index (κ1) is 13.4. The third kappa shape index (κ3) is 3.26. The monoisotopic (exact) mass is 268 g/mol. The molecule has 0 aromatic carbocycles. The molecule has 1 aromatic heterocycles. The molecule has 0 bridgehead atoms. The van der Waals surface area contributed by atoms with Crippen LogP contribution in [0.2, 0.25) is 0 Å². The van der Waals surface area contributed by atoms with E-state index in [-0.39, 0.29) is 11.9 Å². The molecular weight excluding hydrogens is 248 g/mol. The number of aromatic nitrogens is 2. The van der Waals surface area contributed by atoms with Gasteiger partial charge in [0.05, 0.1) is 0 Å². The first-order valence-corrected chi connectivity index (χ1v) is 7.31. The van der Waals surface area contributed by atoms with Gasteiger partial charge in [-0.1, -0.05) is 4.49 Å². The van der Waals surface area contributed by atoms with Crippen molar-refractivity contribution in [3.05, 3.63) is 11.1 Å². The second-order valence-corrected chi connectivity index (χ2v) is 5.64. The molecule has 0 unspecified atom stereocenters. The molecular formula is C12H20N4OS. The molecule has 18 heavy (non-hydrogen) atoms. The van der Waals surface area contributed by atoms with Crippen LogP contribution in [-0.2, 0) is 0 Å². The van der Waals surface area contributed by atoms with Crippen molar-refractivity contribution < 1.29 is 4.79 Å². The summed E-state index contributed by atoms with van der Waals surface area (Å²) in [4.78, 5) is 14.3. The second-order valence-electron chi connectivity index (χ2n) is 5.03. The molecule has 100 valence electrons. The maximum atomic E-state index is 12.3. The van der Waals surface area contributed by atoms with Crippen molar-refractivity contribution >= 4 is 17.4 Å². The summed E-state index contributed by atoms with van der Waals surface area (Å²) in [6.07, 6.45) is 2.29. The van der Waals surface area contributed by atoms with Crippen LogP contribution in [0, 0.1) is 5.92 Å². The van der Waals surface area contributed by atoms with Gasteiger partial charge in [0.2, 0.25) is 0 Å². The molecule has 6 heteroatoms. The minimum absolute atomic E-state index is 0.0114. The first-order valence-electron chi connectivity index (χ1n) is 6.47. The molecule has 5 nitrogen and oxygen atoms in total. The number of rotatable bonds is 4. The molecule has 1 aromatic rings. The van der Waals surface area contributed by atoms with Gasteiger partial charge < -0.3 is 10.2 Å². The van der Waals surface area contributed by atoms with Gasteiger partial charge in [-0.05, 0) is 57.2 Å². The van der Waals surface area contributed by atoms with Crippen LogP contribution in [0.5, 0.6) is 0 Å². The quantitative estimate of drug-likeness (QED) is 0.896. The fourth-order valence-electron chi connectivity index (χ4n) is 2.28. The van der Waals surface area contributed by atoms with Gasteiger partial charge >= 0.3 is 0 Å². The Balaban J connectivity index is 2.01. The predicted molar refractivity (Wildman–Crippen MR) is 71.7 cm³/mol. The lowest BCUT2D eigenvalue weighted by Gasteiger charge is -2.32. The van der Waals surface area contributed by atoms with Crippen molar-refractivity contribution in [3.63, 3.8) is 0 Å². The number of nitrogens with zero attached hydrogens (tertiary/aromatic N) is 3. The van der Waals surface area contributed by atoms with Gasteiger partial charge in [0.1, 0.15) is 0 Å². The Hall–Kier alpha value is -1.01. The lowest BCUT2D eigenvalue weighted by atomic mass is 9.97. The minimum atomic E-state index is 0.0114. The third-order valence-electron chi connectivity index (χ3n) is 3.38. The summed E-state index contributed by atoms with van der Waals surface area (Å²) in [5, 5.41) is 8.95. The molecule has 1 aliphatic rings. The van der Waals surface area contributed by atoms with Crippen LogP contribution in [0.4, 0.5) is 0 Å². The maximum absolute atomic E-state index is 12.3. The number of piperidine rings is 1. The molecule has 0 radical (unpaired) electrons. The van der Waals surface area contributed by atoms with Crippen molar-refractivity contribution in [1.82, 2.24) is 19.8 Å². The number of carbonyl (C=O) groups is 1. The van der Waals surface area contributed by atoms with Gasteiger partial charge in [-0.25, -0.2) is 0 Å². The average Bonchev–Trinajstić information content (AvgIpc) is 2.90. The number of hydrogen-bond donors (Lipinski definition) is 1. The Labute approximate surface area is 112 Å². The fourth-order valence-corrected chi connectivity index (χ4v) is 2.71. The first-order chi connectivity index (χ1) is 8.68. The van der Waals surface area contributed by atoms with E-state index in [2.05, 4.69) is 28.8 Å². The molecule has 2 rings (SSSR count). The van der Waals surface area contributed by atoms with E-state index in [1.54, 1.807) is 5.38 Å². The van der Waals surface area contributed by atoms with E-state index >= 15 is 0 Å². The Bertz CT molecular complexity index is 373. The van der Waals surface area contributed by atoms with Crippen LogP contribution in [-0.4, -0.2) is 46.1 Å². The van der Waals surface area contributed by atoms with Crippen molar-refractivity contribution in [1.29, 1.82) is 0 Å². The Morgan fingerprint density at radius 2 is 2.28 bits per heavy atom. The van der Waals surface area contributed by atoms with E-state index in [0.717, 1.165) is 32.5 Å². The molecule has 0 spiro atoms. The molecule has 2 heterocycles. The van der Waals surface area contributed by atoms with E-state index < -0.39 is 0 Å². The van der Waals surface area contributed by atoms with E-state index in [1.165, 1.54) is 11.5 Å². The Morgan fingerprint density at radius 3 is 2.83 bits per heavy atom. The molecule has 1 saturated heterocycles. The van der Waals surface area contributed by atoms with Crippen LogP contribution in [0.1, 0.15) is 37.2 Å². The van der Waals surface area contributed by atoms with Crippen LogP contribution < -0.4 is 5.32 Å². The average molecular weight is 268 g/mol. The summed E-state index contributed by atoms with van der Waals surface area (Å²) in [5.41, 5.74) is 0.475. The lowest BCUT2D eigenvalue weighted by Crippen LogP contribution is -2.43. The van der Waals surface area contributed by atoms with Crippen LogP contribution in [0.3, 0.4) is 0 Å². The number of carbonyl (C=O) groups excluding carboxylic acids is 1. The highest BCUT2D eigenvalue weighted by molar-refractivity contribution is 7.03. The van der Waals surface area contributed by atoms with E-state index in [1.807, 2.05) is 4.90 Å². The van der Waals surface area contributed by atoms with Gasteiger partial charge in [0.25, 0.3) is 5.91 Å². The van der Waals surface area contributed by atoms with Gasteiger partial charge in [-0.2, -0.15) is 0 Å². The molecule has 0 aliphatic carbocycles. The summed E-state index contributed by atoms with van der Waals surface area (Å²) in [6.45, 7) is 7.05. The van der Waals surface area contributed by atoms with Gasteiger partial charge in [-0.3, -0.25) is 4.79 Å². The summed E-state index contributed by atoms with van der Waals surface area (Å²) >= 11 is 1.22. The highest BCUT2D eigenvalue weighted by Gasteiger charge is 2.25. The molecule has 1 aliphatic heterocycles. The van der Waals surface area contributed by atoms with E-state index in [0.29, 0.717) is 11.6 Å². The second kappa shape index (κ2) is 6.24. The fraction of sp³-hybridized carbons (Fsp3) is 0.750. The van der Waals surface area contributed by atoms with Gasteiger partial charge in [0, 0.05) is 18.0 Å². The third-order valence-corrected chi connectivity index (χ3v) is 3.88. The van der Waals surface area contributed by atoms with E-state index in [9.17, 15) is 4.79 Å². The molecule has 1 N–H and O–H groups in total. The highest BCUT2D eigenvalue weighted by atomic mass is 32.1. The zero-order valence-corrected chi connectivity index (χ0v) is 11.7. The normalized spacial score (nSPS) is 17.1. The molecule has 0 atom stereocenters. The van der Waals surface area contributed by atoms with Crippen molar-refractivity contribution in [2.75, 3.05) is 19.6 Å².